The monoisotopic (exact) mass is 1520 g/mol. The number of phosphoric acid groups is 1. The molecule has 35 heteroatoms. The minimum absolute atomic E-state index is 0.00506. The van der Waals surface area contributed by atoms with Gasteiger partial charge in [-0.2, -0.15) is 49.6 Å². The summed E-state index contributed by atoms with van der Waals surface area (Å²) in [7, 11) is -14.1. The highest BCUT2D eigenvalue weighted by Gasteiger charge is 2.64. The molecule has 3 aromatic carbocycles. The van der Waals surface area contributed by atoms with Crippen LogP contribution in [0.1, 0.15) is 188 Å². The maximum Gasteiger partial charge on any atom is 0.530 e. The van der Waals surface area contributed by atoms with Crippen molar-refractivity contribution in [3.8, 4) is 28.7 Å². The number of aromatic nitrogens is 5. The predicted octanol–water partition coefficient (Wildman–Crippen LogP) is 14.6. The van der Waals surface area contributed by atoms with Crippen molar-refractivity contribution in [1.82, 2.24) is 29.9 Å². The summed E-state index contributed by atoms with van der Waals surface area (Å²) in [6, 6.07) is 6.42. The molecule has 1 N–H and O–H groups in total. The molecule has 6 aromatic rings. The first-order valence-electron chi connectivity index (χ1n) is 31.6. The Balaban J connectivity index is 1.38. The number of alkyl halides is 8. The van der Waals surface area contributed by atoms with Crippen molar-refractivity contribution in [2.24, 2.45) is 5.92 Å². The highest BCUT2D eigenvalue weighted by molar-refractivity contribution is 7.93. The van der Waals surface area contributed by atoms with Gasteiger partial charge in [0.1, 0.15) is 57.8 Å². The number of nitrogens with zero attached hydrogens (tertiary/aromatic N) is 6. The number of ether oxygens (including phenoxy) is 2. The fourth-order valence-electron chi connectivity index (χ4n) is 11.8. The van der Waals surface area contributed by atoms with Crippen LogP contribution >= 0.6 is 19.4 Å². The van der Waals surface area contributed by atoms with Crippen LogP contribution in [0.4, 0.5) is 49.7 Å². The number of carbonyl (C=O) groups excluding carboxylic acids is 4. The van der Waals surface area contributed by atoms with E-state index in [1.54, 1.807) is 0 Å². The number of pyridine rings is 1. The Kier molecular flexibility index (Phi) is 22.1. The molecule has 21 nitrogen and oxygen atoms in total. The van der Waals surface area contributed by atoms with Crippen molar-refractivity contribution in [3.63, 3.8) is 0 Å². The number of nitrogens with one attached hydrogen (secondary N) is 1. The molecule has 3 atom stereocenters. The zero-order valence-corrected chi connectivity index (χ0v) is 61.4. The van der Waals surface area contributed by atoms with Crippen LogP contribution in [0.25, 0.3) is 22.0 Å². The lowest BCUT2D eigenvalue weighted by molar-refractivity contribution is -0.144. The molecule has 2 aliphatic carbocycles. The molecule has 0 spiro atoms. The Morgan fingerprint density at radius 3 is 1.88 bits per heavy atom. The second-order valence-electron chi connectivity index (χ2n) is 28.6. The number of halogens is 11. The molecule has 0 aliphatic heterocycles. The van der Waals surface area contributed by atoms with Crippen molar-refractivity contribution < 1.29 is 108 Å². The van der Waals surface area contributed by atoms with E-state index in [9.17, 15) is 49.0 Å². The van der Waals surface area contributed by atoms with Crippen molar-refractivity contribution in [2.45, 2.75) is 200 Å². The van der Waals surface area contributed by atoms with Gasteiger partial charge in [0.05, 0.1) is 57.3 Å². The fraction of sp³-hybridized carbons (Fsp3) is 0.507. The summed E-state index contributed by atoms with van der Waals surface area (Å²) in [4.78, 5) is 63.4. The molecule has 8 rings (SSSR count). The van der Waals surface area contributed by atoms with Crippen LogP contribution < -0.4 is 14.1 Å². The molecular weight excluding hydrogens is 1450 g/mol. The molecular formula is C67H75ClF10N7O14PS2. The molecule has 2 amide bonds. The number of esters is 2. The topological polar surface area (TPSA) is 264 Å². The first-order chi connectivity index (χ1) is 46.4. The quantitative estimate of drug-likeness (QED) is 0.0286. The molecule has 3 aromatic heterocycles. The molecule has 0 bridgehead atoms. The minimum atomic E-state index is -5.30. The smallest absolute Gasteiger partial charge is 0.456 e. The van der Waals surface area contributed by atoms with Gasteiger partial charge in [-0.1, -0.05) is 37.4 Å². The minimum Gasteiger partial charge on any atom is -0.456 e. The van der Waals surface area contributed by atoms with Crippen molar-refractivity contribution in [2.75, 3.05) is 16.8 Å². The Morgan fingerprint density at radius 2 is 1.36 bits per heavy atom. The van der Waals surface area contributed by atoms with Crippen LogP contribution in [0.3, 0.4) is 0 Å². The van der Waals surface area contributed by atoms with E-state index in [0.717, 1.165) is 54.8 Å². The number of fused-ring (bicyclic) bond motifs is 4. The lowest BCUT2D eigenvalue weighted by atomic mass is 9.73. The predicted molar refractivity (Wildman–Crippen MR) is 355 cm³/mol. The Morgan fingerprint density at radius 1 is 0.784 bits per heavy atom. The summed E-state index contributed by atoms with van der Waals surface area (Å²) in [6.45, 7) is 16.4. The number of phosphoric ester groups is 1. The standard InChI is InChI=1S/C67H75ClF10N7O14PS2/c1-34(2)97-100(90,98-35(3)4)99-48-29-37(59(88)95-61(5,6)7)28-44(60(89)96-62(8,9)10)53(48)63(11,12)31-50(87)85(102(16,93)94)58-52-46(68)22-20-42(55(52)84(82-58)33-65(71,72)73)41-18-17-40(23-24-64(13,14)101(15,91)92)79-54(41)47(27-36-25-38(69)30-39(70)26-36)80-49(86)32-83-57-51(56(81-83)67(76,77)78)43-19-21-45(43)66(57,74)75/h17-18,20,22,25-26,28-30,34-35,43,45,47H,19,21,27,31-33H2,1-16H3,(H,80,86)/t43-,45+,47-/m0/s1. The van der Waals surface area contributed by atoms with Gasteiger partial charge in [-0.15, -0.1) is 0 Å². The Labute approximate surface area is 587 Å². The Bertz CT molecular complexity index is 4670. The number of sulfone groups is 1. The number of amides is 2. The highest BCUT2D eigenvalue weighted by atomic mass is 35.5. The number of rotatable bonds is 22. The second kappa shape index (κ2) is 28.1. The second-order valence-corrected chi connectivity index (χ2v) is 34.9. The van der Waals surface area contributed by atoms with E-state index in [1.807, 2.05) is 0 Å². The molecule has 3 heterocycles. The van der Waals surface area contributed by atoms with Gasteiger partial charge in [-0.25, -0.2) is 44.8 Å². The number of benzene rings is 3. The fourth-order valence-corrected chi connectivity index (χ4v) is 14.7. The summed E-state index contributed by atoms with van der Waals surface area (Å²) >= 11 is 6.95. The molecule has 0 radical (unpaired) electrons. The van der Waals surface area contributed by atoms with E-state index >= 15 is 35.5 Å². The number of carbonyl (C=O) groups is 4. The average Bonchev–Trinajstić information content (AvgIpc) is 1.52. The summed E-state index contributed by atoms with van der Waals surface area (Å²) in [5.74, 6) is -11.0. The van der Waals surface area contributed by atoms with Crippen LogP contribution in [0, 0.1) is 29.4 Å². The largest absolute Gasteiger partial charge is 0.530 e. The van der Waals surface area contributed by atoms with Crippen LogP contribution in [0.5, 0.6) is 5.75 Å². The van der Waals surface area contributed by atoms with Gasteiger partial charge in [0, 0.05) is 52.3 Å². The first kappa shape index (κ1) is 80.1. The number of anilines is 1. The zero-order chi connectivity index (χ0) is 76.7. The maximum absolute atomic E-state index is 16.1. The van der Waals surface area contributed by atoms with Gasteiger partial charge in [0.25, 0.3) is 5.92 Å². The summed E-state index contributed by atoms with van der Waals surface area (Å²) in [5, 5.41) is 8.71. The highest BCUT2D eigenvalue weighted by Crippen LogP contribution is 2.64. The molecule has 0 unspecified atom stereocenters. The van der Waals surface area contributed by atoms with Gasteiger partial charge in [-0.3, -0.25) is 28.0 Å². The van der Waals surface area contributed by atoms with Crippen LogP contribution in [0.15, 0.2) is 54.6 Å². The third-order valence-electron chi connectivity index (χ3n) is 16.1. The Hall–Kier alpha value is -7.63. The molecule has 0 saturated heterocycles. The van der Waals surface area contributed by atoms with E-state index in [0.29, 0.717) is 12.3 Å². The first-order valence-corrected chi connectivity index (χ1v) is 37.1. The number of hydrogen-bond donors (Lipinski definition) is 1. The van der Waals surface area contributed by atoms with E-state index in [-0.39, 0.29) is 37.8 Å². The van der Waals surface area contributed by atoms with E-state index in [1.165, 1.54) is 96.9 Å². The summed E-state index contributed by atoms with van der Waals surface area (Å²) in [5.41, 5.74) is -12.4. The summed E-state index contributed by atoms with van der Waals surface area (Å²) in [6.07, 6.45) is -13.2. The van der Waals surface area contributed by atoms with Crippen LogP contribution in [-0.2, 0) is 89.6 Å². The van der Waals surface area contributed by atoms with Crippen molar-refractivity contribution in [1.29, 1.82) is 0 Å². The van der Waals surface area contributed by atoms with E-state index < -0.39 is 237 Å². The van der Waals surface area contributed by atoms with Gasteiger partial charge in [0.2, 0.25) is 21.8 Å². The normalized spacial score (nSPS) is 16.2. The molecule has 102 heavy (non-hydrogen) atoms. The van der Waals surface area contributed by atoms with Gasteiger partial charge >= 0.3 is 32.1 Å². The van der Waals surface area contributed by atoms with Crippen LogP contribution in [-0.4, -0.2) is 112 Å². The number of sulfonamides is 1. The lowest BCUT2D eigenvalue weighted by Gasteiger charge is -2.34. The van der Waals surface area contributed by atoms with Gasteiger partial charge in [-0.05, 0) is 162 Å². The average molecular weight is 1520 g/mol. The van der Waals surface area contributed by atoms with Crippen molar-refractivity contribution >= 4 is 79.8 Å². The molecule has 1 saturated carbocycles. The van der Waals surface area contributed by atoms with Gasteiger partial charge < -0.3 is 19.3 Å². The molecule has 1 fully saturated rings. The number of hydrogen-bond acceptors (Lipinski definition) is 17. The van der Waals surface area contributed by atoms with E-state index in [4.69, 9.17) is 34.6 Å². The SMILES string of the molecule is CC(C)OP(=O)(Oc1cc(C(=O)OC(C)(C)C)cc(C(=O)OC(C)(C)C)c1C(C)(C)CC(=O)N(c1nn(CC(F)(F)F)c2c(-c3ccc(C#CC(C)(C)S(C)(=O)=O)nc3[C@H](Cc3cc(F)cc(F)c3)NC(=O)Cn3nc(C(F)(F)F)c4c3C(F)(F)[C@@H]3CC[C@H]43)ccc(Cl)c12)S(C)(=O)=O)OC(C)C. The lowest BCUT2D eigenvalue weighted by Crippen LogP contribution is -2.40. The zero-order valence-electron chi connectivity index (χ0n) is 58.1. The van der Waals surface area contributed by atoms with Gasteiger partial charge in [0.15, 0.2) is 21.3 Å². The van der Waals surface area contributed by atoms with Crippen molar-refractivity contribution in [3.05, 3.63) is 122 Å². The third kappa shape index (κ3) is 17.9. The van der Waals surface area contributed by atoms with Crippen LogP contribution in [0.2, 0.25) is 5.02 Å². The van der Waals surface area contributed by atoms with E-state index in [2.05, 4.69) is 32.3 Å². The third-order valence-corrected chi connectivity index (χ3v) is 21.1. The molecule has 2 aliphatic rings. The summed E-state index contributed by atoms with van der Waals surface area (Å²) < 4.78 is 250. The molecule has 556 valence electrons. The maximum atomic E-state index is 16.1.